The Morgan fingerprint density at radius 2 is 2.26 bits per heavy atom. The minimum absolute atomic E-state index is 0.136. The number of benzene rings is 1. The van der Waals surface area contributed by atoms with Crippen LogP contribution in [0.4, 0.5) is 10.1 Å². The fraction of sp³-hybridized carbons (Fsp3) is 0.533. The summed E-state index contributed by atoms with van der Waals surface area (Å²) in [7, 11) is 0. The number of hydrogen-bond acceptors (Lipinski definition) is 2. The van der Waals surface area contributed by atoms with Crippen molar-refractivity contribution in [3.63, 3.8) is 0 Å². The Kier molecular flexibility index (Phi) is 4.40. The fourth-order valence-corrected chi connectivity index (χ4v) is 2.76. The minimum atomic E-state index is -0.522. The van der Waals surface area contributed by atoms with Gasteiger partial charge < -0.3 is 10.6 Å². The summed E-state index contributed by atoms with van der Waals surface area (Å²) in [4.78, 5) is 14.3. The van der Waals surface area contributed by atoms with E-state index in [0.717, 1.165) is 38.6 Å². The van der Waals surface area contributed by atoms with Gasteiger partial charge in [0.05, 0.1) is 5.56 Å². The number of likely N-dealkylation sites (tertiary alicyclic amines) is 1. The molecule has 0 bridgehead atoms. The predicted octanol–water partition coefficient (Wildman–Crippen LogP) is 3.20. The summed E-state index contributed by atoms with van der Waals surface area (Å²) in [6.45, 7) is 2.84. The Hall–Kier alpha value is -1.58. The van der Waals surface area contributed by atoms with Gasteiger partial charge in [0, 0.05) is 18.3 Å². The summed E-state index contributed by atoms with van der Waals surface area (Å²) >= 11 is 0. The maximum Gasteiger partial charge on any atom is 0.257 e. The van der Waals surface area contributed by atoms with Crippen LogP contribution in [0.25, 0.3) is 0 Å². The number of piperidine rings is 1. The maximum atomic E-state index is 13.8. The van der Waals surface area contributed by atoms with E-state index in [9.17, 15) is 9.18 Å². The molecule has 1 aliphatic rings. The summed E-state index contributed by atoms with van der Waals surface area (Å²) < 4.78 is 13.8. The highest BCUT2D eigenvalue weighted by Gasteiger charge is 2.28. The van der Waals surface area contributed by atoms with Crippen molar-refractivity contribution < 1.29 is 9.18 Å². The van der Waals surface area contributed by atoms with Crippen molar-refractivity contribution in [3.05, 3.63) is 29.6 Å². The van der Waals surface area contributed by atoms with Gasteiger partial charge in [0.25, 0.3) is 5.91 Å². The first-order valence-electron chi connectivity index (χ1n) is 6.99. The van der Waals surface area contributed by atoms with E-state index >= 15 is 0 Å². The summed E-state index contributed by atoms with van der Waals surface area (Å²) in [5.41, 5.74) is 6.00. The number of nitrogens with two attached hydrogens (primary N) is 1. The lowest BCUT2D eigenvalue weighted by Gasteiger charge is -2.36. The molecule has 1 atom stereocenters. The number of rotatable bonds is 3. The van der Waals surface area contributed by atoms with Crippen LogP contribution in [0.2, 0.25) is 0 Å². The lowest BCUT2D eigenvalue weighted by Crippen LogP contribution is -2.43. The van der Waals surface area contributed by atoms with E-state index in [1.165, 1.54) is 12.1 Å². The molecule has 1 amide bonds. The molecule has 1 aromatic rings. The fourth-order valence-electron chi connectivity index (χ4n) is 2.76. The van der Waals surface area contributed by atoms with E-state index in [0.29, 0.717) is 5.69 Å². The lowest BCUT2D eigenvalue weighted by atomic mass is 9.97. The average Bonchev–Trinajstić information content (AvgIpc) is 2.39. The Morgan fingerprint density at radius 3 is 2.95 bits per heavy atom. The standard InChI is InChI=1S/C15H21FN2O/c1-2-5-12-6-3-4-9-18(12)15(19)13-8-7-11(17)10-14(13)16/h7-8,10,12H,2-6,9,17H2,1H3. The van der Waals surface area contributed by atoms with Gasteiger partial charge in [-0.15, -0.1) is 0 Å². The zero-order valence-electron chi connectivity index (χ0n) is 11.4. The Bertz CT molecular complexity index is 459. The largest absolute Gasteiger partial charge is 0.399 e. The van der Waals surface area contributed by atoms with Crippen LogP contribution < -0.4 is 5.73 Å². The van der Waals surface area contributed by atoms with Crippen molar-refractivity contribution in [1.82, 2.24) is 4.90 Å². The monoisotopic (exact) mass is 264 g/mol. The van der Waals surface area contributed by atoms with Crippen molar-refractivity contribution in [1.29, 1.82) is 0 Å². The highest BCUT2D eigenvalue weighted by Crippen LogP contribution is 2.24. The van der Waals surface area contributed by atoms with Crippen LogP contribution in [0, 0.1) is 5.82 Å². The smallest absolute Gasteiger partial charge is 0.257 e. The molecular weight excluding hydrogens is 243 g/mol. The van der Waals surface area contributed by atoms with Gasteiger partial charge in [0.2, 0.25) is 0 Å². The van der Waals surface area contributed by atoms with E-state index in [2.05, 4.69) is 6.92 Å². The first kappa shape index (κ1) is 13.8. The molecule has 2 rings (SSSR count). The van der Waals surface area contributed by atoms with Crippen LogP contribution in [0.5, 0.6) is 0 Å². The van der Waals surface area contributed by atoms with Crippen LogP contribution in [-0.2, 0) is 0 Å². The SMILES string of the molecule is CCCC1CCCCN1C(=O)c1ccc(N)cc1F. The molecule has 0 aliphatic carbocycles. The molecular formula is C15H21FN2O. The van der Waals surface area contributed by atoms with Crippen LogP contribution >= 0.6 is 0 Å². The van der Waals surface area contributed by atoms with Crippen molar-refractivity contribution in [3.8, 4) is 0 Å². The maximum absolute atomic E-state index is 13.8. The number of amides is 1. The highest BCUT2D eigenvalue weighted by molar-refractivity contribution is 5.95. The van der Waals surface area contributed by atoms with Gasteiger partial charge in [0.1, 0.15) is 5.82 Å². The first-order valence-corrected chi connectivity index (χ1v) is 6.99. The number of hydrogen-bond donors (Lipinski definition) is 1. The zero-order chi connectivity index (χ0) is 13.8. The molecule has 1 saturated heterocycles. The number of nitrogen functional groups attached to an aromatic ring is 1. The van der Waals surface area contributed by atoms with Gasteiger partial charge in [-0.05, 0) is 43.9 Å². The Balaban J connectivity index is 2.21. The third-order valence-electron chi connectivity index (χ3n) is 3.73. The Morgan fingerprint density at radius 1 is 1.47 bits per heavy atom. The molecule has 1 heterocycles. The normalized spacial score (nSPS) is 19.5. The molecule has 2 N–H and O–H groups in total. The molecule has 4 heteroatoms. The number of anilines is 1. The van der Waals surface area contributed by atoms with Crippen molar-refractivity contribution in [2.45, 2.75) is 45.1 Å². The lowest BCUT2D eigenvalue weighted by molar-refractivity contribution is 0.0596. The van der Waals surface area contributed by atoms with Crippen molar-refractivity contribution in [2.24, 2.45) is 0 Å². The van der Waals surface area contributed by atoms with Crippen LogP contribution in [0.3, 0.4) is 0 Å². The number of carbonyl (C=O) groups excluding carboxylic acids is 1. The molecule has 3 nitrogen and oxygen atoms in total. The van der Waals surface area contributed by atoms with Crippen LogP contribution in [-0.4, -0.2) is 23.4 Å². The molecule has 1 unspecified atom stereocenters. The second kappa shape index (κ2) is 6.04. The number of nitrogens with zero attached hydrogens (tertiary/aromatic N) is 1. The molecule has 19 heavy (non-hydrogen) atoms. The second-order valence-electron chi connectivity index (χ2n) is 5.18. The molecule has 0 saturated carbocycles. The van der Waals surface area contributed by atoms with Crippen molar-refractivity contribution in [2.75, 3.05) is 12.3 Å². The van der Waals surface area contributed by atoms with Gasteiger partial charge in [0.15, 0.2) is 0 Å². The summed E-state index contributed by atoms with van der Waals surface area (Å²) in [6, 6.07) is 4.54. The molecule has 104 valence electrons. The average molecular weight is 264 g/mol. The van der Waals surface area contributed by atoms with Gasteiger partial charge in [-0.3, -0.25) is 4.79 Å². The van der Waals surface area contributed by atoms with E-state index in [4.69, 9.17) is 5.73 Å². The zero-order valence-corrected chi connectivity index (χ0v) is 11.4. The van der Waals surface area contributed by atoms with Crippen LogP contribution in [0.15, 0.2) is 18.2 Å². The summed E-state index contributed by atoms with van der Waals surface area (Å²) in [6.07, 6.45) is 5.21. The van der Waals surface area contributed by atoms with Crippen molar-refractivity contribution >= 4 is 11.6 Å². The van der Waals surface area contributed by atoms with Gasteiger partial charge >= 0.3 is 0 Å². The minimum Gasteiger partial charge on any atom is -0.399 e. The number of halogens is 1. The van der Waals surface area contributed by atoms with E-state index in [1.807, 2.05) is 4.90 Å². The second-order valence-corrected chi connectivity index (χ2v) is 5.18. The quantitative estimate of drug-likeness (QED) is 0.852. The molecule has 0 spiro atoms. The van der Waals surface area contributed by atoms with E-state index in [1.54, 1.807) is 6.07 Å². The van der Waals surface area contributed by atoms with E-state index < -0.39 is 5.82 Å². The van der Waals surface area contributed by atoms with Crippen LogP contribution in [0.1, 0.15) is 49.4 Å². The van der Waals surface area contributed by atoms with Gasteiger partial charge in [-0.1, -0.05) is 13.3 Å². The number of carbonyl (C=O) groups is 1. The topological polar surface area (TPSA) is 46.3 Å². The van der Waals surface area contributed by atoms with Gasteiger partial charge in [-0.2, -0.15) is 0 Å². The molecule has 0 aromatic heterocycles. The molecule has 1 aromatic carbocycles. The molecule has 0 radical (unpaired) electrons. The summed E-state index contributed by atoms with van der Waals surface area (Å²) in [5, 5.41) is 0. The third kappa shape index (κ3) is 3.06. The summed E-state index contributed by atoms with van der Waals surface area (Å²) in [5.74, 6) is -0.721. The first-order chi connectivity index (χ1) is 9.13. The molecule has 1 fully saturated rings. The highest BCUT2D eigenvalue weighted by atomic mass is 19.1. The molecule has 1 aliphatic heterocycles. The van der Waals surface area contributed by atoms with E-state index in [-0.39, 0.29) is 17.5 Å². The predicted molar refractivity (Wildman–Crippen MR) is 74.4 cm³/mol. The van der Waals surface area contributed by atoms with Gasteiger partial charge in [-0.25, -0.2) is 4.39 Å². The third-order valence-corrected chi connectivity index (χ3v) is 3.73. The Labute approximate surface area is 113 Å².